The van der Waals surface area contributed by atoms with Crippen LogP contribution < -0.4 is 4.74 Å². The smallest absolute Gasteiger partial charge is 0.166 e. The van der Waals surface area contributed by atoms with Gasteiger partial charge in [-0.1, -0.05) is 17.8 Å². The number of aromatic nitrogens is 4. The van der Waals surface area contributed by atoms with Gasteiger partial charge in [-0.3, -0.25) is 0 Å². The lowest BCUT2D eigenvalue weighted by atomic mass is 10.3. The first-order valence-electron chi connectivity index (χ1n) is 7.50. The SMILES string of the molecule is CCOc1ccc2nc(SCc3cn4ccccc4n3)[nH]c2c1. The molecule has 0 saturated carbocycles. The number of nitrogens with one attached hydrogen (secondary N) is 1. The van der Waals surface area contributed by atoms with Crippen LogP contribution in [0, 0.1) is 0 Å². The molecule has 3 aromatic heterocycles. The molecule has 1 N–H and O–H groups in total. The maximum Gasteiger partial charge on any atom is 0.166 e. The molecule has 0 amide bonds. The van der Waals surface area contributed by atoms with Crippen molar-refractivity contribution in [3.63, 3.8) is 0 Å². The summed E-state index contributed by atoms with van der Waals surface area (Å²) < 4.78 is 7.55. The lowest BCUT2D eigenvalue weighted by Crippen LogP contribution is -1.90. The molecule has 116 valence electrons. The topological polar surface area (TPSA) is 55.2 Å². The molecule has 23 heavy (non-hydrogen) atoms. The number of aromatic amines is 1. The number of imidazole rings is 2. The molecule has 0 spiro atoms. The highest BCUT2D eigenvalue weighted by molar-refractivity contribution is 7.98. The summed E-state index contributed by atoms with van der Waals surface area (Å²) in [5.41, 5.74) is 3.95. The van der Waals surface area contributed by atoms with Crippen molar-refractivity contribution >= 4 is 28.4 Å². The third-order valence-electron chi connectivity index (χ3n) is 3.51. The van der Waals surface area contributed by atoms with Gasteiger partial charge in [-0.2, -0.15) is 0 Å². The van der Waals surface area contributed by atoms with Crippen LogP contribution in [-0.4, -0.2) is 26.0 Å². The number of benzene rings is 1. The van der Waals surface area contributed by atoms with E-state index in [-0.39, 0.29) is 0 Å². The quantitative estimate of drug-likeness (QED) is 0.566. The molecule has 0 fully saturated rings. The van der Waals surface area contributed by atoms with E-state index in [1.54, 1.807) is 11.8 Å². The zero-order valence-electron chi connectivity index (χ0n) is 12.7. The molecule has 0 aliphatic carbocycles. The maximum absolute atomic E-state index is 5.52. The molecule has 5 nitrogen and oxygen atoms in total. The zero-order chi connectivity index (χ0) is 15.6. The maximum atomic E-state index is 5.52. The molecular formula is C17H16N4OS. The van der Waals surface area contributed by atoms with E-state index in [9.17, 15) is 0 Å². The van der Waals surface area contributed by atoms with E-state index in [4.69, 9.17) is 4.74 Å². The van der Waals surface area contributed by atoms with Gasteiger partial charge >= 0.3 is 0 Å². The molecule has 4 rings (SSSR count). The molecule has 0 saturated heterocycles. The molecule has 0 aliphatic heterocycles. The first kappa shape index (κ1) is 14.1. The minimum Gasteiger partial charge on any atom is -0.494 e. The van der Waals surface area contributed by atoms with Crippen LogP contribution in [0.1, 0.15) is 12.6 Å². The van der Waals surface area contributed by atoms with Gasteiger partial charge in [0.25, 0.3) is 0 Å². The highest BCUT2D eigenvalue weighted by Gasteiger charge is 2.07. The summed E-state index contributed by atoms with van der Waals surface area (Å²) in [5.74, 6) is 1.64. The van der Waals surface area contributed by atoms with Crippen LogP contribution in [0.3, 0.4) is 0 Å². The second-order valence-electron chi connectivity index (χ2n) is 5.14. The Morgan fingerprint density at radius 3 is 3.04 bits per heavy atom. The van der Waals surface area contributed by atoms with Crippen molar-refractivity contribution < 1.29 is 4.74 Å². The van der Waals surface area contributed by atoms with Crippen molar-refractivity contribution in [3.05, 3.63) is 54.5 Å². The lowest BCUT2D eigenvalue weighted by molar-refractivity contribution is 0.340. The van der Waals surface area contributed by atoms with Gasteiger partial charge in [-0.25, -0.2) is 9.97 Å². The van der Waals surface area contributed by atoms with Gasteiger partial charge in [0.1, 0.15) is 11.4 Å². The summed E-state index contributed by atoms with van der Waals surface area (Å²) in [6.45, 7) is 2.64. The van der Waals surface area contributed by atoms with Crippen molar-refractivity contribution in [3.8, 4) is 5.75 Å². The lowest BCUT2D eigenvalue weighted by Gasteiger charge is -2.00. The average molecular weight is 324 g/mol. The van der Waals surface area contributed by atoms with Gasteiger partial charge in [0.2, 0.25) is 0 Å². The predicted octanol–water partition coefficient (Wildman–Crippen LogP) is 3.90. The zero-order valence-corrected chi connectivity index (χ0v) is 13.5. The fourth-order valence-electron chi connectivity index (χ4n) is 2.49. The molecule has 1 aromatic carbocycles. The van der Waals surface area contributed by atoms with Crippen LogP contribution in [-0.2, 0) is 5.75 Å². The van der Waals surface area contributed by atoms with E-state index >= 15 is 0 Å². The highest BCUT2D eigenvalue weighted by atomic mass is 32.2. The molecule has 0 atom stereocenters. The number of hydrogen-bond donors (Lipinski definition) is 1. The Morgan fingerprint density at radius 1 is 1.22 bits per heavy atom. The van der Waals surface area contributed by atoms with Gasteiger partial charge in [-0.15, -0.1) is 0 Å². The minimum absolute atomic E-state index is 0.662. The molecule has 4 aromatic rings. The van der Waals surface area contributed by atoms with E-state index < -0.39 is 0 Å². The number of thioether (sulfide) groups is 1. The summed E-state index contributed by atoms with van der Waals surface area (Å²) >= 11 is 1.65. The van der Waals surface area contributed by atoms with Crippen LogP contribution in [0.25, 0.3) is 16.7 Å². The number of fused-ring (bicyclic) bond motifs is 2. The average Bonchev–Trinajstić information content (AvgIpc) is 3.15. The second-order valence-corrected chi connectivity index (χ2v) is 6.10. The monoisotopic (exact) mass is 324 g/mol. The summed E-state index contributed by atoms with van der Waals surface area (Å²) in [6.07, 6.45) is 4.06. The largest absolute Gasteiger partial charge is 0.494 e. The molecule has 0 bridgehead atoms. The highest BCUT2D eigenvalue weighted by Crippen LogP contribution is 2.25. The van der Waals surface area contributed by atoms with Crippen molar-refractivity contribution in [2.45, 2.75) is 17.8 Å². The first-order chi connectivity index (χ1) is 11.3. The fraction of sp³-hybridized carbons (Fsp3) is 0.176. The van der Waals surface area contributed by atoms with Gasteiger partial charge in [-0.05, 0) is 31.2 Å². The molecular weight excluding hydrogens is 308 g/mol. The van der Waals surface area contributed by atoms with Crippen LogP contribution in [0.5, 0.6) is 5.75 Å². The summed E-state index contributed by atoms with van der Waals surface area (Å²) in [4.78, 5) is 12.5. The number of rotatable bonds is 5. The standard InChI is InChI=1S/C17H16N4OS/c1-2-22-13-6-7-14-15(9-13)20-17(19-14)23-11-12-10-21-8-4-3-5-16(21)18-12/h3-10H,2,11H2,1H3,(H,19,20). The van der Waals surface area contributed by atoms with E-state index in [0.717, 1.165) is 39.0 Å². The third kappa shape index (κ3) is 2.90. The van der Waals surface area contributed by atoms with E-state index in [1.165, 1.54) is 0 Å². The Balaban J connectivity index is 1.52. The van der Waals surface area contributed by atoms with Crippen LogP contribution >= 0.6 is 11.8 Å². The number of pyridine rings is 1. The van der Waals surface area contributed by atoms with Gasteiger partial charge in [0.15, 0.2) is 5.16 Å². The Morgan fingerprint density at radius 2 is 2.17 bits per heavy atom. The number of hydrogen-bond acceptors (Lipinski definition) is 4. The van der Waals surface area contributed by atoms with Crippen molar-refractivity contribution in [1.82, 2.24) is 19.4 Å². The minimum atomic E-state index is 0.662. The molecule has 0 unspecified atom stereocenters. The Labute approximate surface area is 137 Å². The Hall–Kier alpha value is -2.47. The van der Waals surface area contributed by atoms with Crippen molar-refractivity contribution in [1.29, 1.82) is 0 Å². The molecule has 0 radical (unpaired) electrons. The number of H-pyrrole nitrogens is 1. The number of nitrogens with zero attached hydrogens (tertiary/aromatic N) is 3. The summed E-state index contributed by atoms with van der Waals surface area (Å²) in [7, 11) is 0. The van der Waals surface area contributed by atoms with Gasteiger partial charge in [0.05, 0.1) is 23.3 Å². The Bertz CT molecular complexity index is 926. The van der Waals surface area contributed by atoms with E-state index in [1.807, 2.05) is 53.9 Å². The van der Waals surface area contributed by atoms with Crippen LogP contribution in [0.15, 0.2) is 53.9 Å². The number of ether oxygens (including phenoxy) is 1. The van der Waals surface area contributed by atoms with Crippen molar-refractivity contribution in [2.24, 2.45) is 0 Å². The summed E-state index contributed by atoms with van der Waals surface area (Å²) in [5, 5.41) is 0.894. The molecule has 0 aliphatic rings. The molecule has 6 heteroatoms. The predicted molar refractivity (Wildman–Crippen MR) is 92.0 cm³/mol. The van der Waals surface area contributed by atoms with Gasteiger partial charge < -0.3 is 14.1 Å². The van der Waals surface area contributed by atoms with Crippen LogP contribution in [0.4, 0.5) is 0 Å². The van der Waals surface area contributed by atoms with Gasteiger partial charge in [0, 0.05) is 24.2 Å². The molecule has 3 heterocycles. The Kier molecular flexibility index (Phi) is 3.67. The first-order valence-corrected chi connectivity index (χ1v) is 8.48. The third-order valence-corrected chi connectivity index (χ3v) is 4.42. The fourth-order valence-corrected chi connectivity index (χ4v) is 3.26. The van der Waals surface area contributed by atoms with Crippen LogP contribution in [0.2, 0.25) is 0 Å². The second kappa shape index (κ2) is 5.96. The normalized spacial score (nSPS) is 11.3. The summed E-state index contributed by atoms with van der Waals surface area (Å²) in [6, 6.07) is 11.9. The van der Waals surface area contributed by atoms with E-state index in [2.05, 4.69) is 21.1 Å². The van der Waals surface area contributed by atoms with Crippen molar-refractivity contribution in [2.75, 3.05) is 6.61 Å². The van der Waals surface area contributed by atoms with E-state index in [0.29, 0.717) is 6.61 Å².